The molecule has 0 aliphatic carbocycles. The first-order valence-electron chi connectivity index (χ1n) is 3.36. The highest BCUT2D eigenvalue weighted by atomic mass is 16.3. The van der Waals surface area contributed by atoms with Crippen LogP contribution in [0, 0.1) is 5.92 Å². The molecule has 0 spiro atoms. The molecule has 0 saturated carbocycles. The standard InChI is InChI=1S/C7H13NO/c1-6(2)7(5-9)3-4-8-7/h4,6,9H,3,5H2,1-2H3. The van der Waals surface area contributed by atoms with Gasteiger partial charge in [-0.3, -0.25) is 4.99 Å². The van der Waals surface area contributed by atoms with E-state index >= 15 is 0 Å². The van der Waals surface area contributed by atoms with E-state index in [1.165, 1.54) is 0 Å². The Morgan fingerprint density at radius 1 is 1.78 bits per heavy atom. The molecule has 0 fully saturated rings. The second-order valence-corrected chi connectivity index (χ2v) is 2.93. The smallest absolute Gasteiger partial charge is 0.0905 e. The Bertz CT molecular complexity index is 131. The van der Waals surface area contributed by atoms with Gasteiger partial charge in [0, 0.05) is 12.6 Å². The Balaban J connectivity index is 2.59. The third-order valence-electron chi connectivity index (χ3n) is 2.14. The Hall–Kier alpha value is -0.370. The Morgan fingerprint density at radius 2 is 2.33 bits per heavy atom. The number of rotatable bonds is 2. The molecule has 1 aliphatic heterocycles. The van der Waals surface area contributed by atoms with E-state index in [0.29, 0.717) is 5.92 Å². The lowest BCUT2D eigenvalue weighted by Gasteiger charge is -2.36. The fraction of sp³-hybridized carbons (Fsp3) is 0.857. The van der Waals surface area contributed by atoms with Gasteiger partial charge in [0.15, 0.2) is 0 Å². The molecule has 1 N–H and O–H groups in total. The van der Waals surface area contributed by atoms with Crippen molar-refractivity contribution in [1.29, 1.82) is 0 Å². The number of hydrogen-bond donors (Lipinski definition) is 1. The Kier molecular flexibility index (Phi) is 1.58. The minimum absolute atomic E-state index is 0.111. The molecule has 2 nitrogen and oxygen atoms in total. The van der Waals surface area contributed by atoms with Crippen LogP contribution in [0.5, 0.6) is 0 Å². The molecule has 1 rings (SSSR count). The topological polar surface area (TPSA) is 32.6 Å². The summed E-state index contributed by atoms with van der Waals surface area (Å²) in [5.41, 5.74) is -0.111. The van der Waals surface area contributed by atoms with Gasteiger partial charge in [-0.15, -0.1) is 0 Å². The van der Waals surface area contributed by atoms with Crippen LogP contribution >= 0.6 is 0 Å². The van der Waals surface area contributed by atoms with E-state index in [-0.39, 0.29) is 12.1 Å². The summed E-state index contributed by atoms with van der Waals surface area (Å²) in [6.45, 7) is 4.38. The minimum atomic E-state index is -0.111. The van der Waals surface area contributed by atoms with E-state index < -0.39 is 0 Å². The Morgan fingerprint density at radius 3 is 2.33 bits per heavy atom. The van der Waals surface area contributed by atoms with Crippen molar-refractivity contribution in [3.63, 3.8) is 0 Å². The summed E-state index contributed by atoms with van der Waals surface area (Å²) < 4.78 is 0. The molecule has 0 aromatic rings. The average Bonchev–Trinajstić information content (AvgIpc) is 1.62. The van der Waals surface area contributed by atoms with Gasteiger partial charge in [-0.25, -0.2) is 0 Å². The van der Waals surface area contributed by atoms with Crippen LogP contribution in [0.25, 0.3) is 0 Å². The molecule has 0 aromatic carbocycles. The maximum atomic E-state index is 8.89. The summed E-state index contributed by atoms with van der Waals surface area (Å²) in [5, 5.41) is 8.89. The number of aliphatic hydroxyl groups is 1. The molecule has 1 aliphatic rings. The molecule has 9 heavy (non-hydrogen) atoms. The zero-order valence-corrected chi connectivity index (χ0v) is 5.96. The van der Waals surface area contributed by atoms with Crippen LogP contribution in [-0.4, -0.2) is 23.5 Å². The van der Waals surface area contributed by atoms with Crippen molar-refractivity contribution >= 4 is 6.21 Å². The third kappa shape index (κ3) is 0.874. The zero-order valence-electron chi connectivity index (χ0n) is 5.96. The van der Waals surface area contributed by atoms with Gasteiger partial charge in [0.05, 0.1) is 12.1 Å². The van der Waals surface area contributed by atoms with Crippen molar-refractivity contribution in [1.82, 2.24) is 0 Å². The lowest BCUT2D eigenvalue weighted by Crippen LogP contribution is -2.43. The predicted octanol–water partition coefficient (Wildman–Crippen LogP) is 0.848. The lowest BCUT2D eigenvalue weighted by atomic mass is 9.81. The van der Waals surface area contributed by atoms with Gasteiger partial charge in [0.2, 0.25) is 0 Å². The maximum Gasteiger partial charge on any atom is 0.0905 e. The number of aliphatic hydroxyl groups excluding tert-OH is 1. The summed E-state index contributed by atoms with van der Waals surface area (Å²) in [6.07, 6.45) is 2.82. The summed E-state index contributed by atoms with van der Waals surface area (Å²) in [4.78, 5) is 4.14. The van der Waals surface area contributed by atoms with Gasteiger partial charge in [0.25, 0.3) is 0 Å². The van der Waals surface area contributed by atoms with E-state index in [9.17, 15) is 0 Å². The van der Waals surface area contributed by atoms with E-state index in [0.717, 1.165) is 6.42 Å². The third-order valence-corrected chi connectivity index (χ3v) is 2.14. The largest absolute Gasteiger partial charge is 0.394 e. The summed E-state index contributed by atoms with van der Waals surface area (Å²) in [6, 6.07) is 0. The molecular formula is C7H13NO. The van der Waals surface area contributed by atoms with Crippen LogP contribution in [0.2, 0.25) is 0 Å². The fourth-order valence-electron chi connectivity index (χ4n) is 0.999. The van der Waals surface area contributed by atoms with Crippen LogP contribution in [0.3, 0.4) is 0 Å². The number of hydrogen-bond acceptors (Lipinski definition) is 2. The molecule has 52 valence electrons. The predicted molar refractivity (Wildman–Crippen MR) is 37.8 cm³/mol. The molecular weight excluding hydrogens is 114 g/mol. The van der Waals surface area contributed by atoms with Crippen molar-refractivity contribution in [3.8, 4) is 0 Å². The van der Waals surface area contributed by atoms with Gasteiger partial charge >= 0.3 is 0 Å². The van der Waals surface area contributed by atoms with E-state index in [2.05, 4.69) is 18.8 Å². The van der Waals surface area contributed by atoms with E-state index in [1.54, 1.807) is 0 Å². The first-order valence-corrected chi connectivity index (χ1v) is 3.36. The van der Waals surface area contributed by atoms with Crippen LogP contribution in [0.4, 0.5) is 0 Å². The van der Waals surface area contributed by atoms with Gasteiger partial charge < -0.3 is 5.11 Å². The van der Waals surface area contributed by atoms with Crippen molar-refractivity contribution in [2.24, 2.45) is 10.9 Å². The van der Waals surface area contributed by atoms with Crippen molar-refractivity contribution < 1.29 is 5.11 Å². The number of aliphatic imine (C=N–C) groups is 1. The minimum Gasteiger partial charge on any atom is -0.394 e. The average molecular weight is 127 g/mol. The van der Waals surface area contributed by atoms with Gasteiger partial charge in [-0.1, -0.05) is 13.8 Å². The van der Waals surface area contributed by atoms with Gasteiger partial charge in [-0.05, 0) is 5.92 Å². The van der Waals surface area contributed by atoms with Gasteiger partial charge in [-0.2, -0.15) is 0 Å². The first-order chi connectivity index (χ1) is 4.21. The van der Waals surface area contributed by atoms with E-state index in [4.69, 9.17) is 5.11 Å². The van der Waals surface area contributed by atoms with Crippen LogP contribution in [0.15, 0.2) is 4.99 Å². The SMILES string of the molecule is CC(C)C1(CO)CC=N1. The molecule has 0 radical (unpaired) electrons. The summed E-state index contributed by atoms with van der Waals surface area (Å²) in [5.74, 6) is 0.465. The second kappa shape index (κ2) is 2.10. The molecule has 0 aromatic heterocycles. The highest BCUT2D eigenvalue weighted by molar-refractivity contribution is 5.66. The van der Waals surface area contributed by atoms with E-state index in [1.807, 2.05) is 6.21 Å². The highest BCUT2D eigenvalue weighted by Gasteiger charge is 2.35. The monoisotopic (exact) mass is 127 g/mol. The van der Waals surface area contributed by atoms with Crippen LogP contribution in [-0.2, 0) is 0 Å². The molecule has 0 bridgehead atoms. The molecule has 2 heteroatoms. The fourth-order valence-corrected chi connectivity index (χ4v) is 0.999. The highest BCUT2D eigenvalue weighted by Crippen LogP contribution is 2.29. The number of nitrogens with zero attached hydrogens (tertiary/aromatic N) is 1. The quantitative estimate of drug-likeness (QED) is 0.586. The van der Waals surface area contributed by atoms with Crippen molar-refractivity contribution in [3.05, 3.63) is 0 Å². The normalized spacial score (nSPS) is 32.9. The second-order valence-electron chi connectivity index (χ2n) is 2.93. The Labute approximate surface area is 55.6 Å². The maximum absolute atomic E-state index is 8.89. The van der Waals surface area contributed by atoms with Crippen molar-refractivity contribution in [2.45, 2.75) is 25.8 Å². The molecule has 1 unspecified atom stereocenters. The molecule has 1 atom stereocenters. The molecule has 0 saturated heterocycles. The first kappa shape index (κ1) is 6.75. The summed E-state index contributed by atoms with van der Waals surface area (Å²) >= 11 is 0. The molecule has 1 heterocycles. The van der Waals surface area contributed by atoms with Crippen molar-refractivity contribution in [2.75, 3.05) is 6.61 Å². The zero-order chi connectivity index (χ0) is 6.91. The van der Waals surface area contributed by atoms with Gasteiger partial charge in [0.1, 0.15) is 0 Å². The molecule has 0 amide bonds. The summed E-state index contributed by atoms with van der Waals surface area (Å²) in [7, 11) is 0. The van der Waals surface area contributed by atoms with Crippen LogP contribution < -0.4 is 0 Å². The lowest BCUT2D eigenvalue weighted by molar-refractivity contribution is 0.150. The van der Waals surface area contributed by atoms with Crippen LogP contribution in [0.1, 0.15) is 20.3 Å².